The van der Waals surface area contributed by atoms with E-state index < -0.39 is 23.7 Å². The number of aryl methyl sites for hydroxylation is 1. The number of likely N-dealkylation sites (tertiary alicyclic amines) is 1. The van der Waals surface area contributed by atoms with Gasteiger partial charge in [-0.3, -0.25) is 9.59 Å². The topological polar surface area (TPSA) is 103 Å². The number of hydrogen-bond acceptors (Lipinski definition) is 6. The Morgan fingerprint density at radius 2 is 1.97 bits per heavy atom. The van der Waals surface area contributed by atoms with E-state index in [0.29, 0.717) is 35.3 Å². The van der Waals surface area contributed by atoms with Crippen LogP contribution >= 0.6 is 15.9 Å². The SMILES string of the molecule is COC(=O)c1[nH]c(C)c(/C(O)=C2\C(=O)C(=O)N(CCCN(C)C)[C@@H]2c2cccc(Br)c2)c1C. The highest BCUT2D eigenvalue weighted by molar-refractivity contribution is 9.10. The zero-order valence-corrected chi connectivity index (χ0v) is 20.9. The summed E-state index contributed by atoms with van der Waals surface area (Å²) in [6.07, 6.45) is 0.666. The first-order chi connectivity index (χ1) is 15.6. The van der Waals surface area contributed by atoms with Crippen molar-refractivity contribution in [1.82, 2.24) is 14.8 Å². The van der Waals surface area contributed by atoms with Gasteiger partial charge in [-0.1, -0.05) is 28.1 Å². The lowest BCUT2D eigenvalue weighted by molar-refractivity contribution is -0.139. The van der Waals surface area contributed by atoms with Gasteiger partial charge in [0.05, 0.1) is 18.7 Å². The molecule has 1 aromatic heterocycles. The molecule has 0 aliphatic carbocycles. The maximum absolute atomic E-state index is 13.2. The van der Waals surface area contributed by atoms with E-state index in [9.17, 15) is 19.5 Å². The van der Waals surface area contributed by atoms with Crippen LogP contribution in [0.3, 0.4) is 0 Å². The number of aromatic nitrogens is 1. The van der Waals surface area contributed by atoms with Crippen LogP contribution in [0.2, 0.25) is 0 Å². The summed E-state index contributed by atoms with van der Waals surface area (Å²) in [5, 5.41) is 11.4. The largest absolute Gasteiger partial charge is 0.507 e. The molecule has 1 aliphatic rings. The van der Waals surface area contributed by atoms with Crippen LogP contribution in [0.5, 0.6) is 0 Å². The molecule has 1 amide bonds. The minimum atomic E-state index is -0.750. The number of rotatable bonds is 7. The van der Waals surface area contributed by atoms with Crippen molar-refractivity contribution in [3.63, 3.8) is 0 Å². The maximum atomic E-state index is 13.2. The minimum absolute atomic E-state index is 0.00423. The van der Waals surface area contributed by atoms with Crippen molar-refractivity contribution < 1.29 is 24.2 Å². The van der Waals surface area contributed by atoms with Crippen LogP contribution in [-0.4, -0.2) is 71.8 Å². The quantitative estimate of drug-likeness (QED) is 0.252. The highest BCUT2D eigenvalue weighted by Crippen LogP contribution is 2.41. The number of nitrogens with zero attached hydrogens (tertiary/aromatic N) is 2. The van der Waals surface area contributed by atoms with Gasteiger partial charge in [-0.05, 0) is 64.2 Å². The molecule has 3 rings (SSSR count). The van der Waals surface area contributed by atoms with E-state index >= 15 is 0 Å². The van der Waals surface area contributed by atoms with Gasteiger partial charge < -0.3 is 24.6 Å². The number of H-pyrrole nitrogens is 1. The van der Waals surface area contributed by atoms with Crippen LogP contribution in [0.15, 0.2) is 34.3 Å². The number of amides is 1. The number of ether oxygens (including phenoxy) is 1. The zero-order chi connectivity index (χ0) is 24.4. The summed E-state index contributed by atoms with van der Waals surface area (Å²) in [5.41, 5.74) is 2.16. The Bertz CT molecular complexity index is 1140. The Morgan fingerprint density at radius 3 is 2.58 bits per heavy atom. The smallest absolute Gasteiger partial charge is 0.354 e. The summed E-state index contributed by atoms with van der Waals surface area (Å²) in [4.78, 5) is 44.8. The van der Waals surface area contributed by atoms with Crippen molar-refractivity contribution in [2.45, 2.75) is 26.3 Å². The highest BCUT2D eigenvalue weighted by atomic mass is 79.9. The summed E-state index contributed by atoms with van der Waals surface area (Å²) in [7, 11) is 5.15. The number of esters is 1. The molecular formula is C24H28BrN3O5. The lowest BCUT2D eigenvalue weighted by Gasteiger charge is -2.26. The third-order valence-electron chi connectivity index (χ3n) is 5.77. The van der Waals surface area contributed by atoms with Crippen molar-refractivity contribution in [2.24, 2.45) is 0 Å². The molecule has 8 nitrogen and oxygen atoms in total. The molecule has 33 heavy (non-hydrogen) atoms. The molecule has 1 fully saturated rings. The van der Waals surface area contributed by atoms with Crippen LogP contribution in [0.1, 0.15) is 45.3 Å². The average molecular weight is 518 g/mol. The van der Waals surface area contributed by atoms with Gasteiger partial charge in [-0.15, -0.1) is 0 Å². The maximum Gasteiger partial charge on any atom is 0.354 e. The van der Waals surface area contributed by atoms with Gasteiger partial charge in [0.1, 0.15) is 11.5 Å². The molecule has 1 saturated heterocycles. The van der Waals surface area contributed by atoms with Crippen molar-refractivity contribution >= 4 is 39.3 Å². The molecule has 1 aromatic carbocycles. The first-order valence-corrected chi connectivity index (χ1v) is 11.3. The monoisotopic (exact) mass is 517 g/mol. The molecule has 2 heterocycles. The lowest BCUT2D eigenvalue weighted by atomic mass is 9.94. The number of carbonyl (C=O) groups is 3. The molecule has 1 aliphatic heterocycles. The molecule has 2 aromatic rings. The number of Topliss-reactive ketones (excluding diaryl/α,β-unsaturated/α-hetero) is 1. The van der Waals surface area contributed by atoms with Gasteiger partial charge in [0.25, 0.3) is 11.7 Å². The van der Waals surface area contributed by atoms with Gasteiger partial charge in [0.2, 0.25) is 0 Å². The number of ketones is 1. The van der Waals surface area contributed by atoms with Crippen LogP contribution in [-0.2, 0) is 14.3 Å². The first kappa shape index (κ1) is 24.7. The van der Waals surface area contributed by atoms with E-state index in [1.54, 1.807) is 13.8 Å². The number of hydrogen-bond donors (Lipinski definition) is 2. The van der Waals surface area contributed by atoms with Crippen LogP contribution in [0.25, 0.3) is 5.76 Å². The molecule has 176 valence electrons. The molecule has 1 atom stereocenters. The normalized spacial score (nSPS) is 17.8. The summed E-state index contributed by atoms with van der Waals surface area (Å²) < 4.78 is 5.60. The number of aliphatic hydroxyl groups is 1. The standard InChI is InChI=1S/C24H28BrN3O5/c1-13-17(14(2)26-19(13)24(32)33-5)21(29)18-20(15-8-6-9-16(25)12-15)28(23(31)22(18)30)11-7-10-27(3)4/h6,8-9,12,20,26,29H,7,10-11H2,1-5H3/b21-18+/t20-/m1/s1. The molecule has 0 unspecified atom stereocenters. The van der Waals surface area contributed by atoms with Gasteiger partial charge >= 0.3 is 5.97 Å². The second-order valence-corrected chi connectivity index (χ2v) is 9.24. The Labute approximate surface area is 201 Å². The van der Waals surface area contributed by atoms with Gasteiger partial charge in [0, 0.05) is 22.3 Å². The number of aromatic amines is 1. The fourth-order valence-corrected chi connectivity index (χ4v) is 4.65. The van der Waals surface area contributed by atoms with E-state index in [1.165, 1.54) is 12.0 Å². The summed E-state index contributed by atoms with van der Waals surface area (Å²) >= 11 is 3.45. The third kappa shape index (κ3) is 4.74. The highest BCUT2D eigenvalue weighted by Gasteiger charge is 2.46. The number of benzene rings is 1. The second kappa shape index (κ2) is 9.93. The van der Waals surface area contributed by atoms with Crippen LogP contribution in [0, 0.1) is 13.8 Å². The Hall–Kier alpha value is -2.91. The predicted molar refractivity (Wildman–Crippen MR) is 128 cm³/mol. The molecule has 0 bridgehead atoms. The number of methoxy groups -OCH3 is 1. The zero-order valence-electron chi connectivity index (χ0n) is 19.4. The average Bonchev–Trinajstić information content (AvgIpc) is 3.20. The van der Waals surface area contributed by atoms with E-state index in [0.717, 1.165) is 11.0 Å². The summed E-state index contributed by atoms with van der Waals surface area (Å²) in [6, 6.07) is 6.58. The van der Waals surface area contributed by atoms with Gasteiger partial charge in [-0.25, -0.2) is 4.79 Å². The number of aliphatic hydroxyl groups excluding tert-OH is 1. The third-order valence-corrected chi connectivity index (χ3v) is 6.27. The van der Waals surface area contributed by atoms with Crippen LogP contribution in [0.4, 0.5) is 0 Å². The fourth-order valence-electron chi connectivity index (χ4n) is 4.24. The predicted octanol–water partition coefficient (Wildman–Crippen LogP) is 3.55. The van der Waals surface area contributed by atoms with Crippen molar-refractivity contribution in [3.8, 4) is 0 Å². The number of halogens is 1. The van der Waals surface area contributed by atoms with Crippen molar-refractivity contribution in [1.29, 1.82) is 0 Å². The molecule has 0 spiro atoms. The number of carbonyl (C=O) groups excluding carboxylic acids is 3. The van der Waals surface area contributed by atoms with Gasteiger partial charge in [-0.2, -0.15) is 0 Å². The Morgan fingerprint density at radius 1 is 1.27 bits per heavy atom. The van der Waals surface area contributed by atoms with Crippen molar-refractivity contribution in [3.05, 3.63) is 62.4 Å². The molecule has 9 heteroatoms. The van der Waals surface area contributed by atoms with E-state index in [4.69, 9.17) is 4.74 Å². The Balaban J connectivity index is 2.18. The fraction of sp³-hybridized carbons (Fsp3) is 0.375. The summed E-state index contributed by atoms with van der Waals surface area (Å²) in [5.74, 6) is -2.29. The molecule has 2 N–H and O–H groups in total. The van der Waals surface area contributed by atoms with Gasteiger partial charge in [0.15, 0.2) is 0 Å². The van der Waals surface area contributed by atoms with Crippen LogP contribution < -0.4 is 0 Å². The molecule has 0 radical (unpaired) electrons. The molecular weight excluding hydrogens is 490 g/mol. The van der Waals surface area contributed by atoms with E-state index in [-0.39, 0.29) is 17.0 Å². The van der Waals surface area contributed by atoms with E-state index in [2.05, 4.69) is 20.9 Å². The Kier molecular flexibility index (Phi) is 7.44. The second-order valence-electron chi connectivity index (χ2n) is 8.32. The molecule has 0 saturated carbocycles. The summed E-state index contributed by atoms with van der Waals surface area (Å²) in [6.45, 7) is 4.45. The number of nitrogens with one attached hydrogen (secondary N) is 1. The van der Waals surface area contributed by atoms with Crippen molar-refractivity contribution in [2.75, 3.05) is 34.3 Å². The first-order valence-electron chi connectivity index (χ1n) is 10.5. The minimum Gasteiger partial charge on any atom is -0.507 e. The van der Waals surface area contributed by atoms with E-state index in [1.807, 2.05) is 43.3 Å². The lowest BCUT2D eigenvalue weighted by Crippen LogP contribution is -2.32.